The second-order valence-electron chi connectivity index (χ2n) is 8.72. The maximum Gasteiger partial charge on any atom is 0.191 e. The molecule has 0 saturated carbocycles. The summed E-state index contributed by atoms with van der Waals surface area (Å²) in [4.78, 5) is 9.50. The summed E-state index contributed by atoms with van der Waals surface area (Å²) >= 11 is 0. The fraction of sp³-hybridized carbons (Fsp3) is 0.609. The second kappa shape index (κ2) is 10.1. The van der Waals surface area contributed by atoms with Gasteiger partial charge in [-0.25, -0.2) is 9.67 Å². The van der Waals surface area contributed by atoms with Crippen molar-refractivity contribution in [3.8, 4) is 0 Å². The Bertz CT molecular complexity index is 825. The number of aliphatic imine (C=N–C) groups is 1. The molecule has 2 aromatic rings. The monoisotopic (exact) mass is 411 g/mol. The van der Waals surface area contributed by atoms with Crippen LogP contribution in [0, 0.1) is 0 Å². The molecule has 3 rings (SSSR count). The maximum absolute atomic E-state index is 4.89. The average Bonchev–Trinajstić information content (AvgIpc) is 3.15. The first kappa shape index (κ1) is 22.3. The van der Waals surface area contributed by atoms with Crippen molar-refractivity contribution in [1.82, 2.24) is 30.7 Å². The number of hydrogen-bond acceptors (Lipinski definition) is 4. The van der Waals surface area contributed by atoms with Crippen LogP contribution >= 0.6 is 0 Å². The molecule has 30 heavy (non-hydrogen) atoms. The quantitative estimate of drug-likeness (QED) is 0.460. The number of aromatic nitrogens is 3. The number of benzene rings is 1. The summed E-state index contributed by atoms with van der Waals surface area (Å²) in [5, 5.41) is 15.3. The predicted octanol–water partition coefficient (Wildman–Crippen LogP) is 2.84. The number of hydrogen-bond donors (Lipinski definition) is 3. The van der Waals surface area contributed by atoms with Crippen LogP contribution in [0.5, 0.6) is 0 Å². The van der Waals surface area contributed by atoms with Crippen molar-refractivity contribution in [3.63, 3.8) is 0 Å². The fourth-order valence-electron chi connectivity index (χ4n) is 3.88. The van der Waals surface area contributed by atoms with Crippen molar-refractivity contribution in [1.29, 1.82) is 0 Å². The van der Waals surface area contributed by atoms with Crippen LogP contribution < -0.4 is 16.0 Å². The van der Waals surface area contributed by atoms with Crippen molar-refractivity contribution in [2.24, 2.45) is 4.99 Å². The Balaban J connectivity index is 1.59. The van der Waals surface area contributed by atoms with Gasteiger partial charge in [0.1, 0.15) is 5.82 Å². The lowest BCUT2D eigenvalue weighted by atomic mass is 10.0. The van der Waals surface area contributed by atoms with Crippen LogP contribution in [-0.2, 0) is 19.4 Å². The minimum Gasteiger partial charge on any atom is -0.357 e. The Hall–Kier alpha value is -2.41. The van der Waals surface area contributed by atoms with Crippen LogP contribution in [0.15, 0.2) is 35.3 Å². The standard InChI is InChI=1S/C23H37N7/c1-6-20-27-21-14-13-19(15-30(21)29-20)26-22(24-7-2)25-16-23(4,5)28-17(3)18-11-9-8-10-12-18/h8-12,17,19,28H,6-7,13-16H2,1-5H3,(H2,24,25,26). The molecule has 7 heteroatoms. The lowest BCUT2D eigenvalue weighted by Crippen LogP contribution is -2.49. The average molecular weight is 412 g/mol. The zero-order valence-corrected chi connectivity index (χ0v) is 19.1. The summed E-state index contributed by atoms with van der Waals surface area (Å²) in [5.41, 5.74) is 1.16. The largest absolute Gasteiger partial charge is 0.357 e. The van der Waals surface area contributed by atoms with Crippen LogP contribution in [0.1, 0.15) is 64.3 Å². The summed E-state index contributed by atoms with van der Waals surface area (Å²) in [5.74, 6) is 2.91. The molecule has 0 radical (unpaired) electrons. The van der Waals surface area contributed by atoms with Gasteiger partial charge in [-0.15, -0.1) is 0 Å². The van der Waals surface area contributed by atoms with Crippen LogP contribution in [-0.4, -0.2) is 45.4 Å². The molecule has 0 aliphatic carbocycles. The zero-order chi connectivity index (χ0) is 21.6. The summed E-state index contributed by atoms with van der Waals surface area (Å²) < 4.78 is 2.05. The third-order valence-corrected chi connectivity index (χ3v) is 5.44. The number of rotatable bonds is 8. The number of nitrogens with zero attached hydrogens (tertiary/aromatic N) is 4. The van der Waals surface area contributed by atoms with Crippen molar-refractivity contribution >= 4 is 5.96 Å². The first-order chi connectivity index (χ1) is 14.4. The van der Waals surface area contributed by atoms with Crippen LogP contribution in [0.3, 0.4) is 0 Å². The zero-order valence-electron chi connectivity index (χ0n) is 19.1. The van der Waals surface area contributed by atoms with E-state index >= 15 is 0 Å². The highest BCUT2D eigenvalue weighted by atomic mass is 15.4. The Morgan fingerprint density at radius 1 is 1.27 bits per heavy atom. The van der Waals surface area contributed by atoms with Crippen LogP contribution in [0.2, 0.25) is 0 Å². The first-order valence-corrected chi connectivity index (χ1v) is 11.2. The van der Waals surface area contributed by atoms with E-state index in [1.807, 2.05) is 0 Å². The second-order valence-corrected chi connectivity index (χ2v) is 8.72. The molecule has 7 nitrogen and oxygen atoms in total. The lowest BCUT2D eigenvalue weighted by Gasteiger charge is -2.30. The minimum absolute atomic E-state index is 0.126. The molecule has 164 valence electrons. The molecule has 2 heterocycles. The van der Waals surface area contributed by atoms with E-state index in [-0.39, 0.29) is 11.6 Å². The van der Waals surface area contributed by atoms with Crippen molar-refractivity contribution in [3.05, 3.63) is 47.5 Å². The van der Waals surface area contributed by atoms with E-state index in [4.69, 9.17) is 4.99 Å². The van der Waals surface area contributed by atoms with Gasteiger partial charge < -0.3 is 16.0 Å². The summed E-state index contributed by atoms with van der Waals surface area (Å²) in [7, 11) is 0. The van der Waals surface area contributed by atoms with E-state index in [9.17, 15) is 0 Å². The van der Waals surface area contributed by atoms with Gasteiger partial charge in [0, 0.05) is 37.0 Å². The van der Waals surface area contributed by atoms with Crippen LogP contribution in [0.4, 0.5) is 0 Å². The highest BCUT2D eigenvalue weighted by Gasteiger charge is 2.24. The summed E-state index contributed by atoms with van der Waals surface area (Å²) in [6.07, 6.45) is 2.87. The molecule has 0 spiro atoms. The number of fused-ring (bicyclic) bond motifs is 1. The molecule has 0 amide bonds. The smallest absolute Gasteiger partial charge is 0.191 e. The van der Waals surface area contributed by atoms with Crippen LogP contribution in [0.25, 0.3) is 0 Å². The van der Waals surface area contributed by atoms with Gasteiger partial charge in [0.2, 0.25) is 0 Å². The minimum atomic E-state index is -0.126. The van der Waals surface area contributed by atoms with E-state index in [0.29, 0.717) is 12.6 Å². The topological polar surface area (TPSA) is 79.2 Å². The molecule has 0 saturated heterocycles. The Kier molecular flexibility index (Phi) is 7.48. The molecular weight excluding hydrogens is 374 g/mol. The third-order valence-electron chi connectivity index (χ3n) is 5.44. The normalized spacial score (nSPS) is 18.0. The number of guanidine groups is 1. The van der Waals surface area contributed by atoms with E-state index < -0.39 is 0 Å². The van der Waals surface area contributed by atoms with E-state index in [2.05, 4.69) is 95.7 Å². The molecule has 1 aliphatic rings. The molecule has 0 fully saturated rings. The highest BCUT2D eigenvalue weighted by Crippen LogP contribution is 2.17. The maximum atomic E-state index is 4.89. The fourth-order valence-corrected chi connectivity index (χ4v) is 3.88. The Labute approximate surface area is 180 Å². The molecule has 2 unspecified atom stereocenters. The van der Waals surface area contributed by atoms with Gasteiger partial charge in [-0.2, -0.15) is 5.10 Å². The predicted molar refractivity (Wildman–Crippen MR) is 123 cm³/mol. The van der Waals surface area contributed by atoms with E-state index in [0.717, 1.165) is 50.0 Å². The summed E-state index contributed by atoms with van der Waals surface area (Å²) in [6.45, 7) is 13.2. The molecule has 2 atom stereocenters. The SMILES string of the molecule is CCNC(=NCC(C)(C)NC(C)c1ccccc1)NC1CCc2nc(CC)nn2C1. The molecule has 0 bridgehead atoms. The van der Waals surface area contributed by atoms with Gasteiger partial charge >= 0.3 is 0 Å². The molecule has 3 N–H and O–H groups in total. The molecule has 1 aliphatic heterocycles. The highest BCUT2D eigenvalue weighted by molar-refractivity contribution is 5.80. The Morgan fingerprint density at radius 2 is 2.03 bits per heavy atom. The molecule has 1 aromatic carbocycles. The number of nitrogens with one attached hydrogen (secondary N) is 3. The van der Waals surface area contributed by atoms with Gasteiger partial charge in [-0.3, -0.25) is 4.99 Å². The third kappa shape index (κ3) is 6.05. The lowest BCUT2D eigenvalue weighted by molar-refractivity contribution is 0.355. The van der Waals surface area contributed by atoms with E-state index in [1.54, 1.807) is 0 Å². The van der Waals surface area contributed by atoms with Crippen molar-refractivity contribution in [2.45, 2.75) is 78.0 Å². The summed E-state index contributed by atoms with van der Waals surface area (Å²) in [6, 6.07) is 11.1. The van der Waals surface area contributed by atoms with E-state index in [1.165, 1.54) is 5.56 Å². The van der Waals surface area contributed by atoms with Gasteiger partial charge in [-0.05, 0) is 39.7 Å². The molecular formula is C23H37N7. The van der Waals surface area contributed by atoms with Crippen molar-refractivity contribution in [2.75, 3.05) is 13.1 Å². The van der Waals surface area contributed by atoms with Gasteiger partial charge in [0.05, 0.1) is 13.1 Å². The Morgan fingerprint density at radius 3 is 2.73 bits per heavy atom. The van der Waals surface area contributed by atoms with Crippen molar-refractivity contribution < 1.29 is 0 Å². The number of aryl methyl sites for hydroxylation is 2. The van der Waals surface area contributed by atoms with Gasteiger partial charge in [-0.1, -0.05) is 37.3 Å². The van der Waals surface area contributed by atoms with Gasteiger partial charge in [0.15, 0.2) is 11.8 Å². The van der Waals surface area contributed by atoms with Gasteiger partial charge in [0.25, 0.3) is 0 Å². The first-order valence-electron chi connectivity index (χ1n) is 11.2. The molecule has 1 aromatic heterocycles.